The van der Waals surface area contributed by atoms with Crippen LogP contribution in [0.1, 0.15) is 33.3 Å². The van der Waals surface area contributed by atoms with E-state index in [4.69, 9.17) is 33.2 Å². The average Bonchev–Trinajstić information content (AvgIpc) is 3.26. The van der Waals surface area contributed by atoms with Crippen LogP contribution in [0, 0.1) is 0 Å². The Morgan fingerprint density at radius 2 is 1.73 bits per heavy atom. The second-order valence-corrected chi connectivity index (χ2v) is 9.32. The largest absolute Gasteiger partial charge is 0.388 e. The molecule has 1 aromatic carbocycles. The molecule has 1 unspecified atom stereocenters. The number of hydrogen-bond donors (Lipinski definition) is 1. The molecule has 182 valence electrons. The van der Waals surface area contributed by atoms with Gasteiger partial charge in [0, 0.05) is 0 Å². The molecule has 0 amide bonds. The summed E-state index contributed by atoms with van der Waals surface area (Å²) in [4.78, 5) is 0. The molecule has 4 rings (SSSR count). The zero-order chi connectivity index (χ0) is 23.6. The summed E-state index contributed by atoms with van der Waals surface area (Å²) in [5.74, 6) is -1.75. The van der Waals surface area contributed by atoms with E-state index in [1.165, 1.54) is 0 Å². The highest BCUT2D eigenvalue weighted by Gasteiger charge is 2.55. The van der Waals surface area contributed by atoms with Crippen LogP contribution in [0.2, 0.25) is 0 Å². The van der Waals surface area contributed by atoms with Gasteiger partial charge in [0.05, 0.1) is 13.2 Å². The molecule has 1 aromatic rings. The first-order valence-electron chi connectivity index (χ1n) is 11.3. The van der Waals surface area contributed by atoms with E-state index in [1.54, 1.807) is 26.0 Å². The van der Waals surface area contributed by atoms with Crippen molar-refractivity contribution in [3.8, 4) is 0 Å². The Hall–Kier alpha value is -1.62. The van der Waals surface area contributed by atoms with E-state index >= 15 is 0 Å². The van der Waals surface area contributed by atoms with Crippen LogP contribution in [-0.2, 0) is 39.8 Å². The summed E-state index contributed by atoms with van der Waals surface area (Å²) in [6.45, 7) is 11.4. The first-order valence-corrected chi connectivity index (χ1v) is 11.3. The quantitative estimate of drug-likeness (QED) is 0.590. The molecular formula is C25H34O8. The van der Waals surface area contributed by atoms with Crippen molar-refractivity contribution in [2.24, 2.45) is 0 Å². The number of rotatable bonds is 8. The zero-order valence-electron chi connectivity index (χ0n) is 19.6. The van der Waals surface area contributed by atoms with E-state index < -0.39 is 54.7 Å². The maximum Gasteiger partial charge on any atom is 0.193 e. The van der Waals surface area contributed by atoms with Crippen molar-refractivity contribution in [2.75, 3.05) is 6.61 Å². The molecule has 1 N–H and O–H groups in total. The van der Waals surface area contributed by atoms with E-state index in [-0.39, 0.29) is 6.61 Å². The van der Waals surface area contributed by atoms with E-state index in [2.05, 4.69) is 6.58 Å². The van der Waals surface area contributed by atoms with Crippen LogP contribution < -0.4 is 0 Å². The van der Waals surface area contributed by atoms with Gasteiger partial charge in [0.1, 0.15) is 30.5 Å². The van der Waals surface area contributed by atoms with Crippen molar-refractivity contribution < 1.29 is 38.3 Å². The molecule has 0 spiro atoms. The molecule has 0 saturated carbocycles. The second-order valence-electron chi connectivity index (χ2n) is 9.32. The highest BCUT2D eigenvalue weighted by atomic mass is 16.9. The SMILES string of the molecule is C=C/C=C/[C@H](OCc1ccccc1)[C@H]1OC(C)(C)O[C@H]1OC1OC[C@@H](O)[C@H]2OC(C)(C)O[C@H]12. The Balaban J connectivity index is 1.50. The summed E-state index contributed by atoms with van der Waals surface area (Å²) >= 11 is 0. The minimum Gasteiger partial charge on any atom is -0.388 e. The topological polar surface area (TPSA) is 84.8 Å². The fourth-order valence-electron chi connectivity index (χ4n) is 4.26. The van der Waals surface area contributed by atoms with Crippen LogP contribution >= 0.6 is 0 Å². The normalized spacial score (nSPS) is 36.0. The highest BCUT2D eigenvalue weighted by Crippen LogP contribution is 2.39. The summed E-state index contributed by atoms with van der Waals surface area (Å²) in [5.41, 5.74) is 1.04. The molecule has 3 aliphatic heterocycles. The molecule has 0 aliphatic carbocycles. The first kappa shape index (κ1) is 24.5. The van der Waals surface area contributed by atoms with Crippen LogP contribution in [0.5, 0.6) is 0 Å². The van der Waals surface area contributed by atoms with E-state index in [0.29, 0.717) is 6.61 Å². The molecule has 3 saturated heterocycles. The number of allylic oxidation sites excluding steroid dienone is 2. The molecule has 0 radical (unpaired) electrons. The Morgan fingerprint density at radius 3 is 2.45 bits per heavy atom. The molecule has 3 aliphatic rings. The standard InChI is InChI=1S/C25H34O8/c1-6-7-13-18(27-14-16-11-9-8-10-12-16)20-23(33-25(4,5)31-20)29-22-21-19(17(26)15-28-22)30-24(2,3)32-21/h6-13,17-23,26H,1,14-15H2,2-5H3/b13-7+/t17-,18+,19-,20-,21+,22?,23-/m1/s1. The van der Waals surface area contributed by atoms with Crippen molar-refractivity contribution >= 4 is 0 Å². The van der Waals surface area contributed by atoms with Gasteiger partial charge in [-0.1, -0.05) is 55.1 Å². The van der Waals surface area contributed by atoms with Crippen molar-refractivity contribution in [2.45, 2.75) is 89.0 Å². The maximum absolute atomic E-state index is 10.3. The summed E-state index contributed by atoms with van der Waals surface area (Å²) in [5, 5.41) is 10.3. The van der Waals surface area contributed by atoms with E-state index in [1.807, 2.05) is 50.3 Å². The number of fused-ring (bicyclic) bond motifs is 1. The third-order valence-electron chi connectivity index (χ3n) is 5.64. The van der Waals surface area contributed by atoms with Crippen LogP contribution in [0.25, 0.3) is 0 Å². The summed E-state index contributed by atoms with van der Waals surface area (Å²) in [6.07, 6.45) is 0.727. The summed E-state index contributed by atoms with van der Waals surface area (Å²) < 4.78 is 42.3. The predicted octanol–water partition coefficient (Wildman–Crippen LogP) is 3.05. The van der Waals surface area contributed by atoms with Crippen LogP contribution in [0.3, 0.4) is 0 Å². The molecular weight excluding hydrogens is 428 g/mol. The minimum absolute atomic E-state index is 0.0667. The fourth-order valence-corrected chi connectivity index (χ4v) is 4.26. The molecule has 0 aromatic heterocycles. The van der Waals surface area contributed by atoms with Gasteiger partial charge in [0.2, 0.25) is 0 Å². The van der Waals surface area contributed by atoms with Gasteiger partial charge in [-0.05, 0) is 33.3 Å². The zero-order valence-corrected chi connectivity index (χ0v) is 19.6. The van der Waals surface area contributed by atoms with Crippen molar-refractivity contribution in [3.05, 3.63) is 60.7 Å². The lowest BCUT2D eigenvalue weighted by molar-refractivity contribution is -0.307. The van der Waals surface area contributed by atoms with Crippen molar-refractivity contribution in [1.82, 2.24) is 0 Å². The lowest BCUT2D eigenvalue weighted by atomic mass is 10.1. The third kappa shape index (κ3) is 5.90. The van der Waals surface area contributed by atoms with Gasteiger partial charge in [-0.2, -0.15) is 0 Å². The number of aliphatic hydroxyl groups excluding tert-OH is 1. The van der Waals surface area contributed by atoms with Crippen molar-refractivity contribution in [3.63, 3.8) is 0 Å². The fraction of sp³-hybridized carbons (Fsp3) is 0.600. The Bertz CT molecular complexity index is 823. The van der Waals surface area contributed by atoms with Gasteiger partial charge < -0.3 is 38.3 Å². The Kier molecular flexibility index (Phi) is 7.38. The van der Waals surface area contributed by atoms with Gasteiger partial charge >= 0.3 is 0 Å². The molecule has 8 nitrogen and oxygen atoms in total. The van der Waals surface area contributed by atoms with Crippen LogP contribution in [-0.4, -0.2) is 66.4 Å². The molecule has 8 heteroatoms. The predicted molar refractivity (Wildman–Crippen MR) is 119 cm³/mol. The Morgan fingerprint density at radius 1 is 1.03 bits per heavy atom. The number of ether oxygens (including phenoxy) is 7. The number of benzene rings is 1. The maximum atomic E-state index is 10.3. The molecule has 33 heavy (non-hydrogen) atoms. The smallest absolute Gasteiger partial charge is 0.193 e. The van der Waals surface area contributed by atoms with Gasteiger partial charge in [-0.3, -0.25) is 0 Å². The minimum atomic E-state index is -0.897. The monoisotopic (exact) mass is 462 g/mol. The van der Waals surface area contributed by atoms with E-state index in [0.717, 1.165) is 5.56 Å². The van der Waals surface area contributed by atoms with Crippen LogP contribution in [0.15, 0.2) is 55.1 Å². The summed E-state index contributed by atoms with van der Waals surface area (Å²) in [6, 6.07) is 9.89. The second kappa shape index (κ2) is 9.93. The Labute approximate surface area is 195 Å². The lowest BCUT2D eigenvalue weighted by Crippen LogP contribution is -2.54. The number of hydrogen-bond acceptors (Lipinski definition) is 8. The first-order chi connectivity index (χ1) is 15.7. The molecule has 7 atom stereocenters. The molecule has 0 bridgehead atoms. The van der Waals surface area contributed by atoms with Crippen LogP contribution in [0.4, 0.5) is 0 Å². The number of aliphatic hydroxyl groups is 1. The van der Waals surface area contributed by atoms with E-state index in [9.17, 15) is 5.11 Å². The summed E-state index contributed by atoms with van der Waals surface area (Å²) in [7, 11) is 0. The van der Waals surface area contributed by atoms with Crippen molar-refractivity contribution in [1.29, 1.82) is 0 Å². The molecule has 3 heterocycles. The lowest BCUT2D eigenvalue weighted by Gasteiger charge is -2.36. The van der Waals surface area contributed by atoms with Gasteiger partial charge in [0.15, 0.2) is 24.2 Å². The molecule has 3 fully saturated rings. The van der Waals surface area contributed by atoms with Gasteiger partial charge in [0.25, 0.3) is 0 Å². The third-order valence-corrected chi connectivity index (χ3v) is 5.64. The van der Waals surface area contributed by atoms with Gasteiger partial charge in [-0.15, -0.1) is 0 Å². The highest BCUT2D eigenvalue weighted by molar-refractivity contribution is 5.14. The van der Waals surface area contributed by atoms with Gasteiger partial charge in [-0.25, -0.2) is 0 Å². The average molecular weight is 463 g/mol.